The molecule has 2 saturated heterocycles. The number of nitrogens with zero attached hydrogens (tertiary/aromatic N) is 2. The molecule has 3 amide bonds. The largest absolute Gasteiger partial charge is 0.497 e. The third-order valence-electron chi connectivity index (χ3n) is 7.33. The Labute approximate surface area is 184 Å². The first-order valence-corrected chi connectivity index (χ1v) is 11.8. The average Bonchev–Trinajstić information content (AvgIpc) is 3.72. The highest BCUT2D eigenvalue weighted by atomic mass is 16.5. The molecule has 168 valence electrons. The predicted octanol–water partition coefficient (Wildman–Crippen LogP) is 2.36. The molecule has 4 fully saturated rings. The van der Waals surface area contributed by atoms with Gasteiger partial charge in [-0.2, -0.15) is 0 Å². The summed E-state index contributed by atoms with van der Waals surface area (Å²) in [6.07, 6.45) is 6.60. The van der Waals surface area contributed by atoms with Crippen LogP contribution in [0.15, 0.2) is 24.3 Å². The molecule has 0 bridgehead atoms. The van der Waals surface area contributed by atoms with Gasteiger partial charge < -0.3 is 20.3 Å². The maximum absolute atomic E-state index is 13.2. The average molecular weight is 427 g/mol. The SMILES string of the molecule is COc1ccc(CNC(=O)[C@@H]2C[C@H]3CN(C(=O)NC4CC4)CC[C@@H]3N2CC2CC2)cc1. The fraction of sp³-hybridized carbons (Fsp3) is 0.667. The summed E-state index contributed by atoms with van der Waals surface area (Å²) in [5.41, 5.74) is 1.07. The van der Waals surface area contributed by atoms with Crippen LogP contribution in [0.1, 0.15) is 44.1 Å². The van der Waals surface area contributed by atoms with Crippen LogP contribution in [-0.4, -0.2) is 66.6 Å². The fourth-order valence-electron chi connectivity index (χ4n) is 5.19. The van der Waals surface area contributed by atoms with Gasteiger partial charge in [-0.25, -0.2) is 4.79 Å². The smallest absolute Gasteiger partial charge is 0.317 e. The normalized spacial score (nSPS) is 28.2. The first-order chi connectivity index (χ1) is 15.1. The van der Waals surface area contributed by atoms with Gasteiger partial charge in [0.2, 0.25) is 5.91 Å². The molecule has 7 nitrogen and oxygen atoms in total. The number of methoxy groups -OCH3 is 1. The van der Waals surface area contributed by atoms with E-state index in [1.54, 1.807) is 7.11 Å². The third kappa shape index (κ3) is 4.81. The van der Waals surface area contributed by atoms with Crippen LogP contribution in [0.5, 0.6) is 5.75 Å². The van der Waals surface area contributed by atoms with E-state index >= 15 is 0 Å². The van der Waals surface area contributed by atoms with E-state index in [9.17, 15) is 9.59 Å². The molecular weight excluding hydrogens is 392 g/mol. The number of rotatable bonds is 7. The number of amides is 3. The topological polar surface area (TPSA) is 73.9 Å². The highest BCUT2D eigenvalue weighted by Gasteiger charge is 2.48. The van der Waals surface area contributed by atoms with Crippen LogP contribution < -0.4 is 15.4 Å². The molecule has 0 radical (unpaired) electrons. The number of likely N-dealkylation sites (tertiary alicyclic amines) is 2. The van der Waals surface area contributed by atoms with Crippen molar-refractivity contribution in [2.45, 2.75) is 63.2 Å². The second-order valence-corrected chi connectivity index (χ2v) is 9.74. The molecule has 2 heterocycles. The van der Waals surface area contributed by atoms with Crippen molar-refractivity contribution in [2.24, 2.45) is 11.8 Å². The van der Waals surface area contributed by atoms with Gasteiger partial charge >= 0.3 is 6.03 Å². The number of piperidine rings is 1. The molecular formula is C24H34N4O3. The van der Waals surface area contributed by atoms with Crippen LogP contribution in [0.2, 0.25) is 0 Å². The number of carbonyl (C=O) groups excluding carboxylic acids is 2. The number of fused-ring (bicyclic) bond motifs is 1. The highest BCUT2D eigenvalue weighted by molar-refractivity contribution is 5.82. The van der Waals surface area contributed by atoms with Crippen molar-refractivity contribution < 1.29 is 14.3 Å². The summed E-state index contributed by atoms with van der Waals surface area (Å²) in [6.45, 7) is 3.12. The van der Waals surface area contributed by atoms with Crippen molar-refractivity contribution in [2.75, 3.05) is 26.7 Å². The van der Waals surface area contributed by atoms with Gasteiger partial charge in [0.25, 0.3) is 0 Å². The Morgan fingerprint density at radius 3 is 2.55 bits per heavy atom. The molecule has 2 aliphatic heterocycles. The van der Waals surface area contributed by atoms with Gasteiger partial charge in [-0.15, -0.1) is 0 Å². The highest BCUT2D eigenvalue weighted by Crippen LogP contribution is 2.40. The van der Waals surface area contributed by atoms with E-state index in [0.29, 0.717) is 24.5 Å². The zero-order valence-corrected chi connectivity index (χ0v) is 18.4. The molecule has 7 heteroatoms. The predicted molar refractivity (Wildman–Crippen MR) is 118 cm³/mol. The number of benzene rings is 1. The molecule has 31 heavy (non-hydrogen) atoms. The van der Waals surface area contributed by atoms with Gasteiger partial charge in [0, 0.05) is 38.3 Å². The van der Waals surface area contributed by atoms with Crippen molar-refractivity contribution >= 4 is 11.9 Å². The number of ether oxygens (including phenoxy) is 1. The maximum Gasteiger partial charge on any atom is 0.317 e. The van der Waals surface area contributed by atoms with Gasteiger partial charge in [-0.05, 0) is 68.1 Å². The summed E-state index contributed by atoms with van der Waals surface area (Å²) >= 11 is 0. The minimum atomic E-state index is -0.0831. The van der Waals surface area contributed by atoms with Crippen LogP contribution in [0.4, 0.5) is 4.79 Å². The number of urea groups is 1. The molecule has 5 rings (SSSR count). The van der Waals surface area contributed by atoms with Gasteiger partial charge in [0.05, 0.1) is 13.2 Å². The number of hydrogen-bond donors (Lipinski definition) is 2. The van der Waals surface area contributed by atoms with Crippen molar-refractivity contribution in [3.05, 3.63) is 29.8 Å². The summed E-state index contributed by atoms with van der Waals surface area (Å²) < 4.78 is 5.21. The van der Waals surface area contributed by atoms with Gasteiger partial charge in [0.1, 0.15) is 5.75 Å². The van der Waals surface area contributed by atoms with E-state index in [4.69, 9.17) is 4.74 Å². The Bertz CT molecular complexity index is 806. The summed E-state index contributed by atoms with van der Waals surface area (Å²) in [5, 5.41) is 6.29. The number of hydrogen-bond acceptors (Lipinski definition) is 4. The van der Waals surface area contributed by atoms with Crippen LogP contribution in [0.3, 0.4) is 0 Å². The van der Waals surface area contributed by atoms with E-state index in [2.05, 4.69) is 15.5 Å². The van der Waals surface area contributed by atoms with Crippen molar-refractivity contribution in [3.8, 4) is 5.75 Å². The van der Waals surface area contributed by atoms with Crippen molar-refractivity contribution in [3.63, 3.8) is 0 Å². The monoisotopic (exact) mass is 426 g/mol. The zero-order valence-electron chi connectivity index (χ0n) is 18.4. The second-order valence-electron chi connectivity index (χ2n) is 9.74. The van der Waals surface area contributed by atoms with Gasteiger partial charge in [-0.1, -0.05) is 12.1 Å². The lowest BCUT2D eigenvalue weighted by atomic mass is 9.92. The Morgan fingerprint density at radius 1 is 1.10 bits per heavy atom. The lowest BCUT2D eigenvalue weighted by molar-refractivity contribution is -0.126. The summed E-state index contributed by atoms with van der Waals surface area (Å²) in [5.74, 6) is 2.07. The van der Waals surface area contributed by atoms with E-state index in [1.807, 2.05) is 29.2 Å². The standard InChI is InChI=1S/C24H34N4O3/c1-31-20-8-4-16(5-9-20)13-25-23(29)22-12-18-15-27(24(30)26-19-6-7-19)11-10-21(18)28(22)14-17-2-3-17/h4-5,8-9,17-19,21-22H,2-3,6-7,10-15H2,1H3,(H,25,29)(H,26,30)/t18-,21-,22-/m0/s1. The van der Waals surface area contributed by atoms with E-state index in [-0.39, 0.29) is 18.0 Å². The maximum atomic E-state index is 13.2. The quantitative estimate of drug-likeness (QED) is 0.702. The molecule has 1 aromatic carbocycles. The van der Waals surface area contributed by atoms with Crippen molar-refractivity contribution in [1.29, 1.82) is 0 Å². The molecule has 3 atom stereocenters. The summed E-state index contributed by atoms with van der Waals surface area (Å²) in [7, 11) is 1.65. The number of carbonyl (C=O) groups is 2. The summed E-state index contributed by atoms with van der Waals surface area (Å²) in [4.78, 5) is 30.2. The molecule has 4 aliphatic rings. The van der Waals surface area contributed by atoms with Crippen LogP contribution in [0, 0.1) is 11.8 Å². The van der Waals surface area contributed by atoms with Crippen LogP contribution in [-0.2, 0) is 11.3 Å². The molecule has 0 spiro atoms. The summed E-state index contributed by atoms with van der Waals surface area (Å²) in [6, 6.07) is 8.64. The van der Waals surface area contributed by atoms with Gasteiger partial charge in [0.15, 0.2) is 0 Å². The number of nitrogens with one attached hydrogen (secondary N) is 2. The van der Waals surface area contributed by atoms with Gasteiger partial charge in [-0.3, -0.25) is 9.69 Å². The molecule has 2 N–H and O–H groups in total. The van der Waals surface area contributed by atoms with E-state index in [0.717, 1.165) is 62.5 Å². The Hall–Kier alpha value is -2.28. The van der Waals surface area contributed by atoms with Crippen LogP contribution >= 0.6 is 0 Å². The second kappa shape index (κ2) is 8.69. The Morgan fingerprint density at radius 2 is 1.87 bits per heavy atom. The fourth-order valence-corrected chi connectivity index (χ4v) is 5.19. The zero-order chi connectivity index (χ0) is 21.4. The van der Waals surface area contributed by atoms with Crippen molar-refractivity contribution in [1.82, 2.24) is 20.4 Å². The first-order valence-electron chi connectivity index (χ1n) is 11.8. The first kappa shape index (κ1) is 20.6. The Balaban J connectivity index is 1.21. The Kier molecular flexibility index (Phi) is 5.78. The van der Waals surface area contributed by atoms with E-state index < -0.39 is 0 Å². The third-order valence-corrected chi connectivity index (χ3v) is 7.33. The molecule has 2 saturated carbocycles. The van der Waals surface area contributed by atoms with E-state index in [1.165, 1.54) is 12.8 Å². The minimum Gasteiger partial charge on any atom is -0.497 e. The molecule has 1 aromatic rings. The molecule has 0 aromatic heterocycles. The van der Waals surface area contributed by atoms with Crippen LogP contribution in [0.25, 0.3) is 0 Å². The minimum absolute atomic E-state index is 0.0831. The lowest BCUT2D eigenvalue weighted by Crippen LogP contribution is -2.52. The molecule has 2 aliphatic carbocycles. The molecule has 0 unspecified atom stereocenters. The lowest BCUT2D eigenvalue weighted by Gasteiger charge is -2.38.